The van der Waals surface area contributed by atoms with Crippen molar-refractivity contribution in [2.24, 2.45) is 0 Å². The van der Waals surface area contributed by atoms with Crippen molar-refractivity contribution in [2.75, 3.05) is 11.5 Å². The Balaban J connectivity index is 2.10. The molecule has 0 aliphatic carbocycles. The molecule has 2 nitrogen and oxygen atoms in total. The van der Waals surface area contributed by atoms with Crippen molar-refractivity contribution < 1.29 is 4.21 Å². The van der Waals surface area contributed by atoms with E-state index in [-0.39, 0.29) is 0 Å². The average molecular weight is 281 g/mol. The van der Waals surface area contributed by atoms with Gasteiger partial charge in [-0.25, -0.2) is 0 Å². The van der Waals surface area contributed by atoms with Crippen LogP contribution in [-0.4, -0.2) is 9.96 Å². The van der Waals surface area contributed by atoms with Crippen molar-refractivity contribution in [3.05, 3.63) is 24.3 Å². The molecule has 1 rings (SSSR count). The smallest absolute Gasteiger partial charge is 0.0617 e. The van der Waals surface area contributed by atoms with Crippen LogP contribution in [0.15, 0.2) is 29.2 Å². The Bertz CT molecular complexity index is 379. The summed E-state index contributed by atoms with van der Waals surface area (Å²) in [5, 5.41) is 0. The molecule has 1 unspecified atom stereocenters. The minimum absolute atomic E-state index is 0.653. The van der Waals surface area contributed by atoms with Crippen LogP contribution < -0.4 is 5.73 Å². The van der Waals surface area contributed by atoms with Crippen molar-refractivity contribution >= 4 is 16.5 Å². The van der Waals surface area contributed by atoms with Gasteiger partial charge in [0.25, 0.3) is 0 Å². The zero-order valence-electron chi connectivity index (χ0n) is 12.1. The zero-order valence-corrected chi connectivity index (χ0v) is 12.9. The topological polar surface area (TPSA) is 43.1 Å². The van der Waals surface area contributed by atoms with Crippen LogP contribution in [0, 0.1) is 0 Å². The minimum atomic E-state index is -0.930. The summed E-state index contributed by atoms with van der Waals surface area (Å²) in [5.41, 5.74) is 6.48. The van der Waals surface area contributed by atoms with Crippen LogP contribution in [0.4, 0.5) is 5.69 Å². The lowest BCUT2D eigenvalue weighted by atomic mass is 10.1. The number of para-hydroxylation sites is 1. The van der Waals surface area contributed by atoms with E-state index < -0.39 is 10.8 Å². The predicted molar refractivity (Wildman–Crippen MR) is 84.7 cm³/mol. The van der Waals surface area contributed by atoms with Crippen molar-refractivity contribution in [3.8, 4) is 0 Å². The molecular weight excluding hydrogens is 254 g/mol. The maximum atomic E-state index is 12.1. The molecule has 3 heteroatoms. The van der Waals surface area contributed by atoms with Gasteiger partial charge in [0.1, 0.15) is 0 Å². The number of rotatable bonds is 10. The van der Waals surface area contributed by atoms with Gasteiger partial charge in [-0.1, -0.05) is 64.0 Å². The van der Waals surface area contributed by atoms with Crippen LogP contribution >= 0.6 is 0 Å². The number of hydrogen-bond donors (Lipinski definition) is 1. The summed E-state index contributed by atoms with van der Waals surface area (Å²) >= 11 is 0. The molecule has 0 bridgehead atoms. The Morgan fingerprint density at radius 3 is 2.16 bits per heavy atom. The van der Waals surface area contributed by atoms with Gasteiger partial charge >= 0.3 is 0 Å². The second kappa shape index (κ2) is 10.0. The molecule has 19 heavy (non-hydrogen) atoms. The first-order chi connectivity index (χ1) is 9.25. The van der Waals surface area contributed by atoms with E-state index in [2.05, 4.69) is 6.92 Å². The van der Waals surface area contributed by atoms with E-state index >= 15 is 0 Å². The maximum Gasteiger partial charge on any atom is 0.0617 e. The summed E-state index contributed by atoms with van der Waals surface area (Å²) in [7, 11) is -0.930. The van der Waals surface area contributed by atoms with Crippen LogP contribution in [0.1, 0.15) is 58.3 Å². The van der Waals surface area contributed by atoms with E-state index in [4.69, 9.17) is 5.73 Å². The number of hydrogen-bond acceptors (Lipinski definition) is 2. The van der Waals surface area contributed by atoms with Crippen molar-refractivity contribution in [1.29, 1.82) is 0 Å². The van der Waals surface area contributed by atoms with E-state index in [1.165, 1.54) is 44.9 Å². The highest BCUT2D eigenvalue weighted by Crippen LogP contribution is 2.17. The SMILES string of the molecule is CCCCCCCCCCS(=O)c1ccccc1N. The Morgan fingerprint density at radius 1 is 0.947 bits per heavy atom. The number of nitrogen functional groups attached to an aromatic ring is 1. The molecule has 1 aromatic rings. The quantitative estimate of drug-likeness (QED) is 0.506. The zero-order chi connectivity index (χ0) is 13.9. The van der Waals surface area contributed by atoms with Crippen molar-refractivity contribution in [3.63, 3.8) is 0 Å². The first kappa shape index (κ1) is 16.2. The molecule has 108 valence electrons. The molecule has 2 N–H and O–H groups in total. The standard InChI is InChI=1S/C16H27NOS/c1-2-3-4-5-6-7-8-11-14-19(18)16-13-10-9-12-15(16)17/h9-10,12-13H,2-8,11,14,17H2,1H3. The van der Waals surface area contributed by atoms with Crippen molar-refractivity contribution in [2.45, 2.75) is 63.2 Å². The number of unbranched alkanes of at least 4 members (excludes halogenated alkanes) is 7. The van der Waals surface area contributed by atoms with E-state index in [1.54, 1.807) is 0 Å². The van der Waals surface area contributed by atoms with Gasteiger partial charge in [0.15, 0.2) is 0 Å². The van der Waals surface area contributed by atoms with Crippen LogP contribution in [-0.2, 0) is 10.8 Å². The highest BCUT2D eigenvalue weighted by molar-refractivity contribution is 7.85. The second-order valence-corrected chi connectivity index (χ2v) is 6.60. The summed E-state index contributed by atoms with van der Waals surface area (Å²) in [4.78, 5) is 0.797. The summed E-state index contributed by atoms with van der Waals surface area (Å²) in [6.45, 7) is 2.24. The molecule has 0 aliphatic rings. The minimum Gasteiger partial charge on any atom is -0.398 e. The molecule has 0 fully saturated rings. The summed E-state index contributed by atoms with van der Waals surface area (Å²) < 4.78 is 12.1. The van der Waals surface area contributed by atoms with Crippen LogP contribution in [0.25, 0.3) is 0 Å². The molecule has 0 amide bonds. The molecule has 0 saturated heterocycles. The summed E-state index contributed by atoms with van der Waals surface area (Å²) in [6.07, 6.45) is 10.2. The molecule has 0 heterocycles. The second-order valence-electron chi connectivity index (χ2n) is 5.06. The fourth-order valence-corrected chi connectivity index (χ4v) is 3.41. The average Bonchev–Trinajstić information content (AvgIpc) is 2.42. The van der Waals surface area contributed by atoms with Gasteiger partial charge in [0.2, 0.25) is 0 Å². The Kier molecular flexibility index (Phi) is 8.55. The van der Waals surface area contributed by atoms with Gasteiger partial charge < -0.3 is 5.73 Å². The first-order valence-electron chi connectivity index (χ1n) is 7.48. The van der Waals surface area contributed by atoms with Gasteiger partial charge in [-0.3, -0.25) is 4.21 Å². The van der Waals surface area contributed by atoms with Gasteiger partial charge in [-0.2, -0.15) is 0 Å². The summed E-state index contributed by atoms with van der Waals surface area (Å²) in [5.74, 6) is 0.739. The third-order valence-corrected chi connectivity index (χ3v) is 4.87. The molecule has 0 spiro atoms. The Labute approximate surface area is 120 Å². The number of benzene rings is 1. The largest absolute Gasteiger partial charge is 0.398 e. The third-order valence-electron chi connectivity index (χ3n) is 3.35. The highest BCUT2D eigenvalue weighted by Gasteiger charge is 2.06. The Hall–Kier alpha value is -0.830. The first-order valence-corrected chi connectivity index (χ1v) is 8.80. The lowest BCUT2D eigenvalue weighted by Gasteiger charge is -2.05. The molecule has 1 aromatic carbocycles. The lowest BCUT2D eigenvalue weighted by molar-refractivity contribution is 0.584. The molecule has 0 aromatic heterocycles. The normalized spacial score (nSPS) is 12.5. The molecule has 0 radical (unpaired) electrons. The fraction of sp³-hybridized carbons (Fsp3) is 0.625. The number of nitrogens with two attached hydrogens (primary N) is 1. The monoisotopic (exact) mass is 281 g/mol. The number of anilines is 1. The maximum absolute atomic E-state index is 12.1. The summed E-state index contributed by atoms with van der Waals surface area (Å²) in [6, 6.07) is 7.47. The predicted octanol–water partition coefficient (Wildman–Crippen LogP) is 4.52. The van der Waals surface area contributed by atoms with Crippen LogP contribution in [0.2, 0.25) is 0 Å². The van der Waals surface area contributed by atoms with Crippen molar-refractivity contribution in [1.82, 2.24) is 0 Å². The van der Waals surface area contributed by atoms with Gasteiger partial charge in [0.05, 0.1) is 15.7 Å². The van der Waals surface area contributed by atoms with E-state index in [1.807, 2.05) is 24.3 Å². The van der Waals surface area contributed by atoms with E-state index in [0.717, 1.165) is 17.1 Å². The molecule has 0 saturated carbocycles. The van der Waals surface area contributed by atoms with Crippen LogP contribution in [0.3, 0.4) is 0 Å². The Morgan fingerprint density at radius 2 is 1.53 bits per heavy atom. The molecule has 0 aliphatic heterocycles. The lowest BCUT2D eigenvalue weighted by Crippen LogP contribution is -2.02. The van der Waals surface area contributed by atoms with Gasteiger partial charge in [0, 0.05) is 11.4 Å². The van der Waals surface area contributed by atoms with Gasteiger partial charge in [-0.05, 0) is 18.6 Å². The van der Waals surface area contributed by atoms with E-state index in [0.29, 0.717) is 5.69 Å². The molecular formula is C16H27NOS. The fourth-order valence-electron chi connectivity index (χ4n) is 2.16. The third kappa shape index (κ3) is 6.76. The van der Waals surface area contributed by atoms with Gasteiger partial charge in [-0.15, -0.1) is 0 Å². The van der Waals surface area contributed by atoms with Crippen LogP contribution in [0.5, 0.6) is 0 Å². The molecule has 1 atom stereocenters. The van der Waals surface area contributed by atoms with E-state index in [9.17, 15) is 4.21 Å². The highest BCUT2D eigenvalue weighted by atomic mass is 32.2.